The molecular formula is C26H50N2O. The first kappa shape index (κ1) is 23.5. The second-order valence-electron chi connectivity index (χ2n) is 12.8. The third-order valence-corrected chi connectivity index (χ3v) is 7.74. The number of hydrogen-bond donors (Lipinski definition) is 0. The predicted octanol–water partition coefficient (Wildman–Crippen LogP) is 5.83. The summed E-state index contributed by atoms with van der Waals surface area (Å²) in [5, 5.41) is 0. The molecule has 0 aromatic carbocycles. The van der Waals surface area contributed by atoms with Crippen molar-refractivity contribution >= 4 is 0 Å². The highest BCUT2D eigenvalue weighted by Gasteiger charge is 2.32. The van der Waals surface area contributed by atoms with Crippen LogP contribution in [0.2, 0.25) is 0 Å². The SMILES string of the molecule is CC(C)(C)CN1CCC(OC2CCN(CC3CCC(C(C)(C)C)CC3)CC2)CC1. The van der Waals surface area contributed by atoms with Gasteiger partial charge in [0.2, 0.25) is 0 Å². The van der Waals surface area contributed by atoms with Crippen molar-refractivity contribution < 1.29 is 4.74 Å². The van der Waals surface area contributed by atoms with Crippen molar-refractivity contribution in [1.82, 2.24) is 9.80 Å². The molecule has 0 amide bonds. The Morgan fingerprint density at radius 2 is 1.14 bits per heavy atom. The summed E-state index contributed by atoms with van der Waals surface area (Å²) < 4.78 is 6.55. The summed E-state index contributed by atoms with van der Waals surface area (Å²) in [4.78, 5) is 5.38. The van der Waals surface area contributed by atoms with Crippen molar-refractivity contribution in [2.24, 2.45) is 22.7 Å². The van der Waals surface area contributed by atoms with Gasteiger partial charge >= 0.3 is 0 Å². The Morgan fingerprint density at radius 1 is 0.655 bits per heavy atom. The number of ether oxygens (including phenoxy) is 1. The molecule has 29 heavy (non-hydrogen) atoms. The average Bonchev–Trinajstić information content (AvgIpc) is 2.63. The molecule has 170 valence electrons. The van der Waals surface area contributed by atoms with Gasteiger partial charge in [-0.15, -0.1) is 0 Å². The van der Waals surface area contributed by atoms with Gasteiger partial charge in [0.1, 0.15) is 0 Å². The van der Waals surface area contributed by atoms with Crippen LogP contribution in [0.5, 0.6) is 0 Å². The fourth-order valence-electron chi connectivity index (χ4n) is 5.95. The number of hydrogen-bond acceptors (Lipinski definition) is 3. The Morgan fingerprint density at radius 3 is 1.59 bits per heavy atom. The summed E-state index contributed by atoms with van der Waals surface area (Å²) in [5.41, 5.74) is 0.913. The lowest BCUT2D eigenvalue weighted by atomic mass is 9.70. The molecule has 0 spiro atoms. The van der Waals surface area contributed by atoms with Crippen molar-refractivity contribution in [1.29, 1.82) is 0 Å². The Kier molecular flexibility index (Phi) is 8.12. The highest BCUT2D eigenvalue weighted by atomic mass is 16.5. The maximum Gasteiger partial charge on any atom is 0.0603 e. The van der Waals surface area contributed by atoms with E-state index >= 15 is 0 Å². The van der Waals surface area contributed by atoms with Crippen molar-refractivity contribution in [3.8, 4) is 0 Å². The van der Waals surface area contributed by atoms with Crippen LogP contribution in [-0.4, -0.2) is 61.3 Å². The fraction of sp³-hybridized carbons (Fsp3) is 1.00. The van der Waals surface area contributed by atoms with Crippen molar-refractivity contribution in [3.63, 3.8) is 0 Å². The van der Waals surface area contributed by atoms with Crippen LogP contribution in [-0.2, 0) is 4.74 Å². The minimum absolute atomic E-state index is 0.409. The number of piperidine rings is 2. The largest absolute Gasteiger partial charge is 0.375 e. The van der Waals surface area contributed by atoms with E-state index in [-0.39, 0.29) is 0 Å². The minimum atomic E-state index is 0.409. The molecule has 3 fully saturated rings. The molecular weight excluding hydrogens is 356 g/mol. The van der Waals surface area contributed by atoms with Crippen LogP contribution in [0.4, 0.5) is 0 Å². The van der Waals surface area contributed by atoms with Gasteiger partial charge in [0.15, 0.2) is 0 Å². The molecule has 0 atom stereocenters. The molecule has 3 nitrogen and oxygen atoms in total. The lowest BCUT2D eigenvalue weighted by Gasteiger charge is -2.41. The first-order chi connectivity index (χ1) is 13.6. The van der Waals surface area contributed by atoms with Gasteiger partial charge in [0.05, 0.1) is 12.2 Å². The quantitative estimate of drug-likeness (QED) is 0.571. The van der Waals surface area contributed by atoms with Crippen molar-refractivity contribution in [2.45, 2.75) is 105 Å². The van der Waals surface area contributed by atoms with E-state index < -0.39 is 0 Å². The van der Waals surface area contributed by atoms with Gasteiger partial charge in [-0.1, -0.05) is 41.5 Å². The molecule has 0 unspecified atom stereocenters. The fourth-order valence-corrected chi connectivity index (χ4v) is 5.95. The zero-order valence-corrected chi connectivity index (χ0v) is 20.5. The third-order valence-electron chi connectivity index (χ3n) is 7.74. The van der Waals surface area contributed by atoms with Crippen LogP contribution < -0.4 is 0 Å². The van der Waals surface area contributed by atoms with Gasteiger partial charge in [-0.3, -0.25) is 0 Å². The van der Waals surface area contributed by atoms with Crippen LogP contribution in [0.15, 0.2) is 0 Å². The van der Waals surface area contributed by atoms with E-state index in [1.165, 1.54) is 90.6 Å². The average molecular weight is 407 g/mol. The first-order valence-electron chi connectivity index (χ1n) is 12.7. The van der Waals surface area contributed by atoms with Crippen LogP contribution in [0.3, 0.4) is 0 Å². The molecule has 0 radical (unpaired) electrons. The van der Waals surface area contributed by atoms with Gasteiger partial charge in [-0.25, -0.2) is 0 Å². The maximum atomic E-state index is 6.55. The molecule has 0 N–H and O–H groups in total. The van der Waals surface area contributed by atoms with E-state index in [4.69, 9.17) is 4.74 Å². The summed E-state index contributed by atoms with van der Waals surface area (Å²) in [6, 6.07) is 0. The van der Waals surface area contributed by atoms with Gasteiger partial charge in [0, 0.05) is 39.3 Å². The van der Waals surface area contributed by atoms with Crippen molar-refractivity contribution in [2.75, 3.05) is 39.3 Å². The second-order valence-corrected chi connectivity index (χ2v) is 12.8. The molecule has 0 bridgehead atoms. The molecule has 3 aliphatic rings. The summed E-state index contributed by atoms with van der Waals surface area (Å²) in [6.45, 7) is 21.8. The molecule has 2 aliphatic heterocycles. The molecule has 3 rings (SSSR count). The Balaban J connectivity index is 1.29. The molecule has 2 heterocycles. The molecule has 1 saturated carbocycles. The smallest absolute Gasteiger partial charge is 0.0603 e. The topological polar surface area (TPSA) is 15.7 Å². The van der Waals surface area contributed by atoms with Gasteiger partial charge in [0.25, 0.3) is 0 Å². The van der Waals surface area contributed by atoms with Gasteiger partial charge in [-0.05, 0) is 74.0 Å². The van der Waals surface area contributed by atoms with Crippen LogP contribution in [0.1, 0.15) is 92.9 Å². The van der Waals surface area contributed by atoms with Crippen LogP contribution >= 0.6 is 0 Å². The standard InChI is InChI=1S/C26H50N2O/c1-25(2,3)20-28-17-13-24(14-18-28)29-23-11-15-27(16-12-23)19-21-7-9-22(10-8-21)26(4,5)6/h21-24H,7-20H2,1-6H3. The zero-order valence-electron chi connectivity index (χ0n) is 20.5. The first-order valence-corrected chi connectivity index (χ1v) is 12.7. The highest BCUT2D eigenvalue weighted by Crippen LogP contribution is 2.40. The normalized spacial score (nSPS) is 30.0. The number of nitrogens with zero attached hydrogens (tertiary/aromatic N) is 2. The zero-order chi connectivity index (χ0) is 21.1. The number of rotatable bonds is 5. The molecule has 0 aromatic heterocycles. The predicted molar refractivity (Wildman–Crippen MR) is 124 cm³/mol. The minimum Gasteiger partial charge on any atom is -0.375 e. The highest BCUT2D eigenvalue weighted by molar-refractivity contribution is 4.84. The lowest BCUT2D eigenvalue weighted by Crippen LogP contribution is -2.44. The summed E-state index contributed by atoms with van der Waals surface area (Å²) in [5.74, 6) is 1.88. The monoisotopic (exact) mass is 406 g/mol. The Hall–Kier alpha value is -0.120. The third kappa shape index (κ3) is 7.82. The van der Waals surface area contributed by atoms with E-state index in [0.29, 0.717) is 23.0 Å². The van der Waals surface area contributed by atoms with E-state index in [0.717, 1.165) is 11.8 Å². The summed E-state index contributed by atoms with van der Waals surface area (Å²) in [6.07, 6.45) is 11.8. The molecule has 0 aromatic rings. The van der Waals surface area contributed by atoms with Gasteiger partial charge in [-0.2, -0.15) is 0 Å². The maximum absolute atomic E-state index is 6.55. The second kappa shape index (κ2) is 10.0. The Labute approximate surface area is 181 Å². The molecule has 2 saturated heterocycles. The molecule has 1 aliphatic carbocycles. The van der Waals surface area contributed by atoms with E-state index in [2.05, 4.69) is 51.3 Å². The number of likely N-dealkylation sites (tertiary alicyclic amines) is 2. The van der Waals surface area contributed by atoms with Gasteiger partial charge < -0.3 is 14.5 Å². The van der Waals surface area contributed by atoms with E-state index in [9.17, 15) is 0 Å². The summed E-state index contributed by atoms with van der Waals surface area (Å²) in [7, 11) is 0. The lowest BCUT2D eigenvalue weighted by molar-refractivity contribution is -0.0685. The Bertz CT molecular complexity index is 468. The summed E-state index contributed by atoms with van der Waals surface area (Å²) >= 11 is 0. The molecule has 3 heteroatoms. The van der Waals surface area contributed by atoms with Crippen LogP contribution in [0, 0.1) is 22.7 Å². The van der Waals surface area contributed by atoms with Crippen molar-refractivity contribution in [3.05, 3.63) is 0 Å². The van der Waals surface area contributed by atoms with Crippen LogP contribution in [0.25, 0.3) is 0 Å². The van der Waals surface area contributed by atoms with E-state index in [1.54, 1.807) is 0 Å². The van der Waals surface area contributed by atoms with E-state index in [1.807, 2.05) is 0 Å².